The van der Waals surface area contributed by atoms with Gasteiger partial charge in [-0.3, -0.25) is 0 Å². The summed E-state index contributed by atoms with van der Waals surface area (Å²) in [5.41, 5.74) is 2.94. The van der Waals surface area contributed by atoms with Gasteiger partial charge in [0.2, 0.25) is 0 Å². The van der Waals surface area contributed by atoms with E-state index in [1.807, 2.05) is 0 Å². The van der Waals surface area contributed by atoms with E-state index in [4.69, 9.17) is 0 Å². The van der Waals surface area contributed by atoms with E-state index in [9.17, 15) is 0 Å². The smallest absolute Gasteiger partial charge is 0.0412 e. The summed E-state index contributed by atoms with van der Waals surface area (Å²) in [6, 6.07) is 8.96. The topological polar surface area (TPSA) is 15.3 Å². The Balaban J connectivity index is 1.67. The minimum Gasteiger partial charge on any atom is -0.371 e. The van der Waals surface area contributed by atoms with Crippen LogP contribution in [0.5, 0.6) is 0 Å². The summed E-state index contributed by atoms with van der Waals surface area (Å²) in [6.07, 6.45) is 4.37. The minimum atomic E-state index is 0.716. The average Bonchev–Trinajstić information content (AvgIpc) is 2.99. The second kappa shape index (κ2) is 6.17. The van der Waals surface area contributed by atoms with Crippen molar-refractivity contribution in [2.45, 2.75) is 39.7 Å². The summed E-state index contributed by atoms with van der Waals surface area (Å²) in [4.78, 5) is 2.64. The van der Waals surface area contributed by atoms with E-state index in [2.05, 4.69) is 48.3 Å². The Morgan fingerprint density at radius 1 is 1.15 bits per heavy atom. The predicted molar refractivity (Wildman–Crippen MR) is 86.0 cm³/mol. The molecule has 1 aliphatic carbocycles. The molecular formula is C18H28N2. The van der Waals surface area contributed by atoms with Crippen LogP contribution in [0.1, 0.15) is 38.7 Å². The number of benzene rings is 1. The van der Waals surface area contributed by atoms with E-state index in [0.717, 1.165) is 24.9 Å². The third-order valence-electron chi connectivity index (χ3n) is 4.93. The van der Waals surface area contributed by atoms with Crippen molar-refractivity contribution in [1.82, 2.24) is 5.32 Å². The Labute approximate surface area is 123 Å². The lowest BCUT2D eigenvalue weighted by molar-refractivity contribution is 0.494. The molecule has 20 heavy (non-hydrogen) atoms. The average molecular weight is 272 g/mol. The number of anilines is 1. The van der Waals surface area contributed by atoms with Crippen molar-refractivity contribution in [3.63, 3.8) is 0 Å². The van der Waals surface area contributed by atoms with Crippen LogP contribution >= 0.6 is 0 Å². The molecule has 3 rings (SSSR count). The van der Waals surface area contributed by atoms with Crippen LogP contribution in [-0.4, -0.2) is 19.6 Å². The summed E-state index contributed by atoms with van der Waals surface area (Å²) < 4.78 is 0. The van der Waals surface area contributed by atoms with E-state index in [1.54, 1.807) is 0 Å². The standard InChI is InChI=1S/C18H28N2/c1-14(2)10-19-11-15-6-3-4-9-18(15)20-12-16-7-5-8-17(16)13-20/h3-4,6,9,14,16-17,19H,5,7-8,10-13H2,1-2H3. The lowest BCUT2D eigenvalue weighted by Gasteiger charge is -2.23. The Kier molecular flexibility index (Phi) is 4.30. The molecule has 110 valence electrons. The largest absolute Gasteiger partial charge is 0.371 e. The van der Waals surface area contributed by atoms with Gasteiger partial charge in [-0.1, -0.05) is 38.5 Å². The predicted octanol–water partition coefficient (Wildman–Crippen LogP) is 3.67. The molecule has 0 amide bonds. The van der Waals surface area contributed by atoms with Crippen molar-refractivity contribution in [1.29, 1.82) is 0 Å². The Morgan fingerprint density at radius 3 is 2.55 bits per heavy atom. The molecule has 1 saturated carbocycles. The molecule has 1 aromatic rings. The van der Waals surface area contributed by atoms with E-state index in [-0.39, 0.29) is 0 Å². The van der Waals surface area contributed by atoms with Crippen LogP contribution in [0.3, 0.4) is 0 Å². The molecule has 2 unspecified atom stereocenters. The lowest BCUT2D eigenvalue weighted by atomic mass is 10.0. The highest BCUT2D eigenvalue weighted by Gasteiger charge is 2.36. The summed E-state index contributed by atoms with van der Waals surface area (Å²) in [6.45, 7) is 9.19. The summed E-state index contributed by atoms with van der Waals surface area (Å²) in [5, 5.41) is 3.59. The van der Waals surface area contributed by atoms with Gasteiger partial charge in [0.25, 0.3) is 0 Å². The summed E-state index contributed by atoms with van der Waals surface area (Å²) >= 11 is 0. The molecule has 0 aromatic heterocycles. The zero-order chi connectivity index (χ0) is 13.9. The number of fused-ring (bicyclic) bond motifs is 1. The van der Waals surface area contributed by atoms with Crippen molar-refractivity contribution in [2.75, 3.05) is 24.5 Å². The van der Waals surface area contributed by atoms with Crippen LogP contribution in [0.4, 0.5) is 5.69 Å². The maximum Gasteiger partial charge on any atom is 0.0412 e. The van der Waals surface area contributed by atoms with Crippen molar-refractivity contribution in [2.24, 2.45) is 17.8 Å². The van der Waals surface area contributed by atoms with E-state index < -0.39 is 0 Å². The highest BCUT2D eigenvalue weighted by molar-refractivity contribution is 5.54. The van der Waals surface area contributed by atoms with Gasteiger partial charge in [-0.2, -0.15) is 0 Å². The molecule has 1 saturated heterocycles. The fourth-order valence-corrected chi connectivity index (χ4v) is 3.90. The van der Waals surface area contributed by atoms with Gasteiger partial charge in [-0.05, 0) is 48.8 Å². The van der Waals surface area contributed by atoms with Crippen molar-refractivity contribution in [3.8, 4) is 0 Å². The monoisotopic (exact) mass is 272 g/mol. The summed E-state index contributed by atoms with van der Waals surface area (Å²) in [7, 11) is 0. The molecule has 1 N–H and O–H groups in total. The second-order valence-corrected chi connectivity index (χ2v) is 7.01. The van der Waals surface area contributed by atoms with Gasteiger partial charge in [0, 0.05) is 25.3 Å². The van der Waals surface area contributed by atoms with Gasteiger partial charge in [-0.25, -0.2) is 0 Å². The number of hydrogen-bond acceptors (Lipinski definition) is 2. The molecule has 1 aromatic carbocycles. The molecule has 1 heterocycles. The first kappa shape index (κ1) is 13.9. The molecule has 2 fully saturated rings. The van der Waals surface area contributed by atoms with Crippen LogP contribution in [0.2, 0.25) is 0 Å². The van der Waals surface area contributed by atoms with Crippen LogP contribution in [0.25, 0.3) is 0 Å². The van der Waals surface area contributed by atoms with Gasteiger partial charge in [0.15, 0.2) is 0 Å². The zero-order valence-electron chi connectivity index (χ0n) is 12.9. The molecule has 1 aliphatic heterocycles. The third kappa shape index (κ3) is 3.01. The second-order valence-electron chi connectivity index (χ2n) is 7.01. The van der Waals surface area contributed by atoms with Gasteiger partial charge in [-0.15, -0.1) is 0 Å². The quantitative estimate of drug-likeness (QED) is 0.880. The Bertz CT molecular complexity index is 429. The molecular weight excluding hydrogens is 244 g/mol. The third-order valence-corrected chi connectivity index (χ3v) is 4.93. The Morgan fingerprint density at radius 2 is 1.85 bits per heavy atom. The van der Waals surface area contributed by atoms with Crippen LogP contribution in [0.15, 0.2) is 24.3 Å². The van der Waals surface area contributed by atoms with Gasteiger partial charge < -0.3 is 10.2 Å². The SMILES string of the molecule is CC(C)CNCc1ccccc1N1CC2CCCC2C1. The van der Waals surface area contributed by atoms with E-state index in [1.165, 1.54) is 43.6 Å². The number of hydrogen-bond donors (Lipinski definition) is 1. The zero-order valence-corrected chi connectivity index (χ0v) is 12.9. The maximum atomic E-state index is 3.59. The van der Waals surface area contributed by atoms with Crippen molar-refractivity contribution < 1.29 is 0 Å². The minimum absolute atomic E-state index is 0.716. The van der Waals surface area contributed by atoms with Gasteiger partial charge in [0.1, 0.15) is 0 Å². The summed E-state index contributed by atoms with van der Waals surface area (Å²) in [5.74, 6) is 2.65. The fraction of sp³-hybridized carbons (Fsp3) is 0.667. The normalized spacial score (nSPS) is 25.4. The van der Waals surface area contributed by atoms with Gasteiger partial charge in [0.05, 0.1) is 0 Å². The highest BCUT2D eigenvalue weighted by atomic mass is 15.2. The number of nitrogens with zero attached hydrogens (tertiary/aromatic N) is 1. The molecule has 2 aliphatic rings. The fourth-order valence-electron chi connectivity index (χ4n) is 3.90. The molecule has 0 spiro atoms. The van der Waals surface area contributed by atoms with Crippen LogP contribution in [0, 0.1) is 17.8 Å². The first-order chi connectivity index (χ1) is 9.74. The van der Waals surface area contributed by atoms with Crippen molar-refractivity contribution >= 4 is 5.69 Å². The first-order valence-electron chi connectivity index (χ1n) is 8.27. The highest BCUT2D eigenvalue weighted by Crippen LogP contribution is 2.40. The maximum absolute atomic E-state index is 3.59. The van der Waals surface area contributed by atoms with E-state index in [0.29, 0.717) is 5.92 Å². The number of nitrogens with one attached hydrogen (secondary N) is 1. The number of rotatable bonds is 5. The molecule has 2 heteroatoms. The molecule has 2 nitrogen and oxygen atoms in total. The molecule has 0 bridgehead atoms. The lowest BCUT2D eigenvalue weighted by Crippen LogP contribution is -2.25. The van der Waals surface area contributed by atoms with Gasteiger partial charge >= 0.3 is 0 Å². The van der Waals surface area contributed by atoms with Crippen LogP contribution in [-0.2, 0) is 6.54 Å². The van der Waals surface area contributed by atoms with E-state index >= 15 is 0 Å². The first-order valence-corrected chi connectivity index (χ1v) is 8.27. The van der Waals surface area contributed by atoms with Crippen LogP contribution < -0.4 is 10.2 Å². The molecule has 0 radical (unpaired) electrons. The Hall–Kier alpha value is -1.02. The van der Waals surface area contributed by atoms with Crippen molar-refractivity contribution in [3.05, 3.63) is 29.8 Å². The molecule has 2 atom stereocenters. The number of para-hydroxylation sites is 1.